The molecule has 0 aliphatic rings. The fourth-order valence-electron chi connectivity index (χ4n) is 3.72. The van der Waals surface area contributed by atoms with Crippen molar-refractivity contribution < 1.29 is 18.7 Å². The number of aromatic nitrogens is 3. The second kappa shape index (κ2) is 10.4. The molecule has 4 aromatic rings. The molecule has 0 aliphatic carbocycles. The minimum atomic E-state index is -0.618. The first-order chi connectivity index (χ1) is 16.7. The monoisotopic (exact) mass is 494 g/mol. The molecule has 182 valence electrons. The quantitative estimate of drug-likeness (QED) is 0.332. The lowest BCUT2D eigenvalue weighted by Crippen LogP contribution is -2.32. The van der Waals surface area contributed by atoms with Crippen molar-refractivity contribution in [2.45, 2.75) is 45.7 Å². The zero-order valence-corrected chi connectivity index (χ0v) is 20.8. The maximum Gasteiger partial charge on any atom is 0.339 e. The second-order valence-electron chi connectivity index (χ2n) is 8.81. The van der Waals surface area contributed by atoms with Crippen LogP contribution in [0.3, 0.4) is 0 Å². The SMILES string of the molecule is CC(C)c1cc(C(=O)OCC(=O)NC(c2ccc(F)cc2)c2cccs2)c2cnn(C(C)C)c2n1. The first-order valence-electron chi connectivity index (χ1n) is 11.4. The van der Waals surface area contributed by atoms with Crippen LogP contribution >= 0.6 is 11.3 Å². The number of thiophene rings is 1. The van der Waals surface area contributed by atoms with E-state index in [9.17, 15) is 14.0 Å². The Labute approximate surface area is 206 Å². The topological polar surface area (TPSA) is 86.1 Å². The van der Waals surface area contributed by atoms with Crippen molar-refractivity contribution in [3.05, 3.63) is 81.6 Å². The maximum absolute atomic E-state index is 13.4. The number of amides is 1. The van der Waals surface area contributed by atoms with Gasteiger partial charge in [0, 0.05) is 16.6 Å². The molecular formula is C26H27FN4O3S. The van der Waals surface area contributed by atoms with Crippen molar-refractivity contribution in [3.63, 3.8) is 0 Å². The highest BCUT2D eigenvalue weighted by Crippen LogP contribution is 2.27. The summed E-state index contributed by atoms with van der Waals surface area (Å²) in [6, 6.07) is 11.0. The third-order valence-electron chi connectivity index (χ3n) is 5.56. The number of hydrogen-bond donors (Lipinski definition) is 1. The van der Waals surface area contributed by atoms with Gasteiger partial charge < -0.3 is 10.1 Å². The van der Waals surface area contributed by atoms with Gasteiger partial charge in [0.2, 0.25) is 0 Å². The highest BCUT2D eigenvalue weighted by molar-refractivity contribution is 7.10. The van der Waals surface area contributed by atoms with Gasteiger partial charge in [0.05, 0.1) is 23.2 Å². The van der Waals surface area contributed by atoms with Crippen LogP contribution in [0.25, 0.3) is 11.0 Å². The van der Waals surface area contributed by atoms with Gasteiger partial charge in [-0.15, -0.1) is 11.3 Å². The molecule has 1 N–H and O–H groups in total. The number of nitrogens with one attached hydrogen (secondary N) is 1. The highest BCUT2D eigenvalue weighted by Gasteiger charge is 2.22. The van der Waals surface area contributed by atoms with Gasteiger partial charge in [-0.1, -0.05) is 32.0 Å². The molecule has 1 unspecified atom stereocenters. The molecule has 0 saturated heterocycles. The molecule has 0 radical (unpaired) electrons. The van der Waals surface area contributed by atoms with Crippen LogP contribution in [0, 0.1) is 5.82 Å². The van der Waals surface area contributed by atoms with Gasteiger partial charge in [0.25, 0.3) is 5.91 Å². The number of ether oxygens (including phenoxy) is 1. The van der Waals surface area contributed by atoms with E-state index >= 15 is 0 Å². The predicted octanol–water partition coefficient (Wildman–Crippen LogP) is 5.40. The third kappa shape index (κ3) is 5.40. The van der Waals surface area contributed by atoms with Gasteiger partial charge in [-0.25, -0.2) is 18.9 Å². The Morgan fingerprint density at radius 3 is 2.51 bits per heavy atom. The molecule has 0 aliphatic heterocycles. The Bertz CT molecular complexity index is 1330. The fourth-order valence-corrected chi connectivity index (χ4v) is 4.52. The van der Waals surface area contributed by atoms with Crippen LogP contribution in [-0.2, 0) is 9.53 Å². The maximum atomic E-state index is 13.4. The van der Waals surface area contributed by atoms with Crippen molar-refractivity contribution in [3.8, 4) is 0 Å². The minimum absolute atomic E-state index is 0.0673. The number of rotatable bonds is 8. The fraction of sp³-hybridized carbons (Fsp3) is 0.308. The average molecular weight is 495 g/mol. The Balaban J connectivity index is 1.53. The van der Waals surface area contributed by atoms with Crippen LogP contribution in [0.1, 0.15) is 72.2 Å². The smallest absolute Gasteiger partial charge is 0.339 e. The number of nitrogens with zero attached hydrogens (tertiary/aromatic N) is 3. The van der Waals surface area contributed by atoms with Gasteiger partial charge >= 0.3 is 5.97 Å². The Kier molecular flexibility index (Phi) is 7.25. The molecule has 9 heteroatoms. The molecule has 3 heterocycles. The van der Waals surface area contributed by atoms with Crippen LogP contribution < -0.4 is 5.32 Å². The highest BCUT2D eigenvalue weighted by atomic mass is 32.1. The molecule has 1 amide bonds. The number of halogens is 1. The predicted molar refractivity (Wildman–Crippen MR) is 133 cm³/mol. The average Bonchev–Trinajstić information content (AvgIpc) is 3.51. The standard InChI is InChI=1S/C26H27FN4O3S/c1-15(2)21-12-19(20-13-28-31(16(3)4)25(20)29-21)26(33)34-14-23(32)30-24(22-6-5-11-35-22)17-7-9-18(27)10-8-17/h5-13,15-16,24H,14H2,1-4H3,(H,30,32). The molecule has 7 nitrogen and oxygen atoms in total. The molecular weight excluding hydrogens is 467 g/mol. The summed E-state index contributed by atoms with van der Waals surface area (Å²) in [6.45, 7) is 7.51. The van der Waals surface area contributed by atoms with E-state index in [1.54, 1.807) is 29.1 Å². The number of carbonyl (C=O) groups is 2. The molecule has 0 fully saturated rings. The summed E-state index contributed by atoms with van der Waals surface area (Å²) in [7, 11) is 0. The zero-order chi connectivity index (χ0) is 25.1. The van der Waals surface area contributed by atoms with Gasteiger partial charge in [-0.05, 0) is 55.0 Å². The zero-order valence-electron chi connectivity index (χ0n) is 20.0. The summed E-state index contributed by atoms with van der Waals surface area (Å²) < 4.78 is 20.6. The van der Waals surface area contributed by atoms with Crippen molar-refractivity contribution in [2.75, 3.05) is 6.61 Å². The first-order valence-corrected chi connectivity index (χ1v) is 12.3. The first kappa shape index (κ1) is 24.5. The summed E-state index contributed by atoms with van der Waals surface area (Å²) in [5.74, 6) is -1.35. The number of esters is 1. The van der Waals surface area contributed by atoms with Crippen LogP contribution in [0.4, 0.5) is 4.39 Å². The van der Waals surface area contributed by atoms with Crippen LogP contribution in [0.2, 0.25) is 0 Å². The molecule has 35 heavy (non-hydrogen) atoms. The van der Waals surface area contributed by atoms with Crippen molar-refractivity contribution in [1.82, 2.24) is 20.1 Å². The summed E-state index contributed by atoms with van der Waals surface area (Å²) in [5.41, 5.74) is 2.40. The lowest BCUT2D eigenvalue weighted by molar-refractivity contribution is -0.124. The van der Waals surface area contributed by atoms with Crippen molar-refractivity contribution in [2.24, 2.45) is 0 Å². The van der Waals surface area contributed by atoms with Crippen LogP contribution in [-0.4, -0.2) is 33.2 Å². The van der Waals surface area contributed by atoms with Crippen molar-refractivity contribution >= 4 is 34.2 Å². The molecule has 4 rings (SSSR count). The van der Waals surface area contributed by atoms with Gasteiger partial charge in [0.1, 0.15) is 5.82 Å². The molecule has 0 saturated carbocycles. The van der Waals surface area contributed by atoms with E-state index in [1.165, 1.54) is 23.5 Å². The summed E-state index contributed by atoms with van der Waals surface area (Å²) in [5, 5.41) is 9.75. The van der Waals surface area contributed by atoms with E-state index in [2.05, 4.69) is 15.4 Å². The molecule has 0 bridgehead atoms. The third-order valence-corrected chi connectivity index (χ3v) is 6.50. The number of benzene rings is 1. The van der Waals surface area contributed by atoms with E-state index in [0.29, 0.717) is 16.6 Å². The number of fused-ring (bicyclic) bond motifs is 1. The minimum Gasteiger partial charge on any atom is -0.452 e. The summed E-state index contributed by atoms with van der Waals surface area (Å²) in [6.07, 6.45) is 1.60. The Morgan fingerprint density at radius 2 is 1.89 bits per heavy atom. The normalized spacial score (nSPS) is 12.3. The molecule has 1 atom stereocenters. The van der Waals surface area contributed by atoms with E-state index < -0.39 is 24.5 Å². The molecule has 1 aromatic carbocycles. The Morgan fingerprint density at radius 1 is 1.14 bits per heavy atom. The second-order valence-corrected chi connectivity index (χ2v) is 9.79. The van der Waals surface area contributed by atoms with E-state index in [1.807, 2.05) is 45.2 Å². The van der Waals surface area contributed by atoms with Gasteiger partial charge in [-0.3, -0.25) is 4.79 Å². The largest absolute Gasteiger partial charge is 0.452 e. The van der Waals surface area contributed by atoms with E-state index in [-0.39, 0.29) is 17.8 Å². The van der Waals surface area contributed by atoms with Crippen molar-refractivity contribution in [1.29, 1.82) is 0 Å². The number of hydrogen-bond acceptors (Lipinski definition) is 6. The number of carbonyl (C=O) groups excluding carboxylic acids is 2. The van der Waals surface area contributed by atoms with Crippen LogP contribution in [0.15, 0.2) is 54.0 Å². The van der Waals surface area contributed by atoms with Crippen LogP contribution in [0.5, 0.6) is 0 Å². The molecule has 0 spiro atoms. The lowest BCUT2D eigenvalue weighted by Gasteiger charge is -2.18. The Hall–Kier alpha value is -3.59. The van der Waals surface area contributed by atoms with E-state index in [0.717, 1.165) is 16.1 Å². The van der Waals surface area contributed by atoms with Gasteiger partial charge in [0.15, 0.2) is 12.3 Å². The number of pyridine rings is 1. The lowest BCUT2D eigenvalue weighted by atomic mass is 10.1. The van der Waals surface area contributed by atoms with Gasteiger partial charge in [-0.2, -0.15) is 5.10 Å². The summed E-state index contributed by atoms with van der Waals surface area (Å²) in [4.78, 5) is 31.4. The summed E-state index contributed by atoms with van der Waals surface area (Å²) >= 11 is 1.47. The van der Waals surface area contributed by atoms with E-state index in [4.69, 9.17) is 4.74 Å². The molecule has 3 aromatic heterocycles.